The first-order valence-electron chi connectivity index (χ1n) is 9.43. The number of ether oxygens (including phenoxy) is 2. The van der Waals surface area contributed by atoms with E-state index in [1.807, 2.05) is 30.3 Å². The number of hydrogen-bond donors (Lipinski definition) is 0. The number of rotatable bonds is 11. The predicted octanol–water partition coefficient (Wildman–Crippen LogP) is 4.36. The van der Waals surface area contributed by atoms with Gasteiger partial charge in [0.25, 0.3) is 0 Å². The van der Waals surface area contributed by atoms with E-state index in [1.54, 1.807) is 0 Å². The smallest absolute Gasteiger partial charge is 0.311 e. The van der Waals surface area contributed by atoms with E-state index < -0.39 is 26.3 Å². The van der Waals surface area contributed by atoms with E-state index in [9.17, 15) is 9.59 Å². The highest BCUT2D eigenvalue weighted by Gasteiger charge is 2.42. The van der Waals surface area contributed by atoms with Crippen LogP contribution in [0.3, 0.4) is 0 Å². The highest BCUT2D eigenvalue weighted by Crippen LogP contribution is 2.39. The fourth-order valence-corrected chi connectivity index (χ4v) is 3.91. The molecule has 0 amide bonds. The van der Waals surface area contributed by atoms with Crippen molar-refractivity contribution in [2.24, 2.45) is 5.92 Å². The van der Waals surface area contributed by atoms with Crippen LogP contribution in [0.25, 0.3) is 0 Å². The number of aldehydes is 1. The Hall–Kier alpha value is -1.50. The summed E-state index contributed by atoms with van der Waals surface area (Å²) >= 11 is 0. The van der Waals surface area contributed by atoms with Crippen molar-refractivity contribution in [3.8, 4) is 0 Å². The number of benzene rings is 1. The molecule has 6 heteroatoms. The van der Waals surface area contributed by atoms with E-state index in [0.29, 0.717) is 19.6 Å². The zero-order valence-electron chi connectivity index (χ0n) is 17.5. The molecule has 0 aliphatic rings. The molecule has 1 aromatic carbocycles. The first-order chi connectivity index (χ1) is 12.6. The van der Waals surface area contributed by atoms with Crippen LogP contribution in [-0.4, -0.2) is 40.4 Å². The van der Waals surface area contributed by atoms with Crippen LogP contribution in [0.1, 0.15) is 39.2 Å². The SMILES string of the molecule is COC(=O)C(CC=O)C(CCOCc1ccccc1)O[Si](C)(C)C(C)(C)C. The van der Waals surface area contributed by atoms with Crippen LogP contribution in [0, 0.1) is 5.92 Å². The molecule has 0 aliphatic heterocycles. The Bertz CT molecular complexity index is 580. The van der Waals surface area contributed by atoms with E-state index in [-0.39, 0.29) is 11.5 Å². The highest BCUT2D eigenvalue weighted by molar-refractivity contribution is 6.74. The van der Waals surface area contributed by atoms with Gasteiger partial charge in [0.15, 0.2) is 8.32 Å². The average Bonchev–Trinajstić information content (AvgIpc) is 2.61. The minimum absolute atomic E-state index is 0.00199. The third-order valence-corrected chi connectivity index (χ3v) is 9.72. The van der Waals surface area contributed by atoms with Gasteiger partial charge in [-0.2, -0.15) is 0 Å². The number of methoxy groups -OCH3 is 1. The lowest BCUT2D eigenvalue weighted by Gasteiger charge is -2.40. The van der Waals surface area contributed by atoms with Crippen molar-refractivity contribution in [1.82, 2.24) is 0 Å². The minimum Gasteiger partial charge on any atom is -0.469 e. The molecule has 0 radical (unpaired) electrons. The third-order valence-electron chi connectivity index (χ3n) is 5.21. The van der Waals surface area contributed by atoms with Gasteiger partial charge in [0, 0.05) is 13.0 Å². The van der Waals surface area contributed by atoms with E-state index >= 15 is 0 Å². The normalized spacial score (nSPS) is 14.4. The van der Waals surface area contributed by atoms with Crippen molar-refractivity contribution in [3.05, 3.63) is 35.9 Å². The quantitative estimate of drug-likeness (QED) is 0.241. The first-order valence-corrected chi connectivity index (χ1v) is 12.3. The van der Waals surface area contributed by atoms with E-state index in [4.69, 9.17) is 13.9 Å². The average molecular weight is 395 g/mol. The van der Waals surface area contributed by atoms with Crippen LogP contribution in [0.4, 0.5) is 0 Å². The maximum absolute atomic E-state index is 12.2. The van der Waals surface area contributed by atoms with Gasteiger partial charge < -0.3 is 18.7 Å². The third kappa shape index (κ3) is 7.56. The minimum atomic E-state index is -2.12. The van der Waals surface area contributed by atoms with Crippen molar-refractivity contribution >= 4 is 20.6 Å². The molecule has 5 nitrogen and oxygen atoms in total. The maximum atomic E-state index is 12.2. The Morgan fingerprint density at radius 1 is 1.19 bits per heavy atom. The largest absolute Gasteiger partial charge is 0.469 e. The monoisotopic (exact) mass is 394 g/mol. The summed E-state index contributed by atoms with van der Waals surface area (Å²) in [4.78, 5) is 23.4. The van der Waals surface area contributed by atoms with Crippen LogP contribution < -0.4 is 0 Å². The molecule has 0 heterocycles. The number of carbonyl (C=O) groups excluding carboxylic acids is 2. The van der Waals surface area contributed by atoms with Crippen LogP contribution in [0.15, 0.2) is 30.3 Å². The van der Waals surface area contributed by atoms with Gasteiger partial charge in [-0.15, -0.1) is 0 Å². The number of carbonyl (C=O) groups is 2. The molecule has 2 unspecified atom stereocenters. The van der Waals surface area contributed by atoms with E-state index in [0.717, 1.165) is 11.8 Å². The zero-order chi connectivity index (χ0) is 20.5. The molecule has 2 atom stereocenters. The fraction of sp³-hybridized carbons (Fsp3) is 0.619. The van der Waals surface area contributed by atoms with Crippen molar-refractivity contribution in [3.63, 3.8) is 0 Å². The van der Waals surface area contributed by atoms with Crippen molar-refractivity contribution in [2.75, 3.05) is 13.7 Å². The van der Waals surface area contributed by atoms with Gasteiger partial charge in [0.1, 0.15) is 6.29 Å². The molecular weight excluding hydrogens is 360 g/mol. The van der Waals surface area contributed by atoms with Crippen LogP contribution in [0.2, 0.25) is 18.1 Å². The van der Waals surface area contributed by atoms with Gasteiger partial charge in [-0.25, -0.2) is 0 Å². The second-order valence-electron chi connectivity index (χ2n) is 8.28. The summed E-state index contributed by atoms with van der Waals surface area (Å²) in [6, 6.07) is 9.92. The topological polar surface area (TPSA) is 61.8 Å². The molecular formula is C21H34O5Si. The summed E-state index contributed by atoms with van der Waals surface area (Å²) < 4.78 is 17.2. The number of esters is 1. The van der Waals surface area contributed by atoms with Gasteiger partial charge in [-0.1, -0.05) is 51.1 Å². The summed E-state index contributed by atoms with van der Waals surface area (Å²) in [5.74, 6) is -1.02. The lowest BCUT2D eigenvalue weighted by molar-refractivity contribution is -0.150. The van der Waals surface area contributed by atoms with Gasteiger partial charge in [0.05, 0.1) is 25.7 Å². The molecule has 152 valence electrons. The molecule has 0 spiro atoms. The second kappa shape index (κ2) is 10.7. The Morgan fingerprint density at radius 2 is 1.81 bits per heavy atom. The summed E-state index contributed by atoms with van der Waals surface area (Å²) in [6.45, 7) is 11.7. The van der Waals surface area contributed by atoms with Crippen LogP contribution >= 0.6 is 0 Å². The molecule has 0 N–H and O–H groups in total. The maximum Gasteiger partial charge on any atom is 0.311 e. The summed E-state index contributed by atoms with van der Waals surface area (Å²) in [6.07, 6.45) is 0.978. The van der Waals surface area contributed by atoms with E-state index in [2.05, 4.69) is 33.9 Å². The zero-order valence-corrected chi connectivity index (χ0v) is 18.5. The lowest BCUT2D eigenvalue weighted by atomic mass is 9.97. The molecule has 0 bridgehead atoms. The Kier molecular flexibility index (Phi) is 9.36. The van der Waals surface area contributed by atoms with Gasteiger partial charge in [0.2, 0.25) is 0 Å². The molecule has 0 saturated heterocycles. The summed E-state index contributed by atoms with van der Waals surface area (Å²) in [5.41, 5.74) is 1.09. The molecule has 0 fully saturated rings. The molecule has 1 aromatic rings. The van der Waals surface area contributed by atoms with Gasteiger partial charge >= 0.3 is 5.97 Å². The second-order valence-corrected chi connectivity index (χ2v) is 13.0. The Labute approximate surface area is 164 Å². The number of hydrogen-bond acceptors (Lipinski definition) is 5. The first kappa shape index (κ1) is 23.5. The van der Waals surface area contributed by atoms with Crippen molar-refractivity contribution < 1.29 is 23.5 Å². The Morgan fingerprint density at radius 3 is 2.33 bits per heavy atom. The molecule has 0 aliphatic carbocycles. The Balaban J connectivity index is 2.82. The molecule has 1 rings (SSSR count). The molecule has 27 heavy (non-hydrogen) atoms. The van der Waals surface area contributed by atoms with Crippen molar-refractivity contribution in [1.29, 1.82) is 0 Å². The fourth-order valence-electron chi connectivity index (χ4n) is 2.52. The van der Waals surface area contributed by atoms with Crippen LogP contribution in [-0.2, 0) is 30.1 Å². The van der Waals surface area contributed by atoms with Gasteiger partial charge in [-0.3, -0.25) is 4.79 Å². The highest BCUT2D eigenvalue weighted by atomic mass is 28.4. The van der Waals surface area contributed by atoms with Crippen molar-refractivity contribution in [2.45, 2.75) is 64.5 Å². The standard InChI is InChI=1S/C21H34O5Si/c1-21(2,3)27(5,6)26-19(18(12-14-22)20(23)24-4)13-15-25-16-17-10-8-7-9-11-17/h7-11,14,18-19H,12-13,15-16H2,1-6H3. The summed E-state index contributed by atoms with van der Waals surface area (Å²) in [5, 5.41) is -0.00199. The van der Waals surface area contributed by atoms with Crippen LogP contribution in [0.5, 0.6) is 0 Å². The van der Waals surface area contributed by atoms with E-state index in [1.165, 1.54) is 7.11 Å². The lowest BCUT2D eigenvalue weighted by Crippen LogP contribution is -2.47. The molecule has 0 aromatic heterocycles. The summed E-state index contributed by atoms with van der Waals surface area (Å²) in [7, 11) is -0.779. The van der Waals surface area contributed by atoms with Gasteiger partial charge in [-0.05, 0) is 30.1 Å². The molecule has 0 saturated carbocycles. The predicted molar refractivity (Wildman–Crippen MR) is 109 cm³/mol.